The van der Waals surface area contributed by atoms with Crippen LogP contribution in [0, 0.1) is 0 Å². The fourth-order valence-corrected chi connectivity index (χ4v) is 3.08. The summed E-state index contributed by atoms with van der Waals surface area (Å²) >= 11 is 0. The van der Waals surface area contributed by atoms with Gasteiger partial charge in [0.25, 0.3) is 0 Å². The number of amides is 2. The molecule has 2 aromatic rings. The van der Waals surface area contributed by atoms with Gasteiger partial charge in [0.2, 0.25) is 11.8 Å². The Morgan fingerprint density at radius 1 is 1.00 bits per heavy atom. The van der Waals surface area contributed by atoms with E-state index >= 15 is 0 Å². The van der Waals surface area contributed by atoms with E-state index in [4.69, 9.17) is 0 Å². The van der Waals surface area contributed by atoms with Crippen LogP contribution >= 0.6 is 0 Å². The molecule has 0 radical (unpaired) electrons. The minimum Gasteiger partial charge on any atom is -0.310 e. The third-order valence-electron chi connectivity index (χ3n) is 4.45. The van der Waals surface area contributed by atoms with Gasteiger partial charge in [0.1, 0.15) is 6.54 Å². The number of benzene rings is 2. The van der Waals surface area contributed by atoms with Crippen molar-refractivity contribution in [2.24, 2.45) is 0 Å². The Kier molecular flexibility index (Phi) is 4.65. The summed E-state index contributed by atoms with van der Waals surface area (Å²) in [5.41, 5.74) is 3.25. The molecule has 3 rings (SSSR count). The molecule has 0 atom stereocenters. The maximum Gasteiger partial charge on any atom is 0.247 e. The quantitative estimate of drug-likeness (QED) is 0.807. The summed E-state index contributed by atoms with van der Waals surface area (Å²) in [4.78, 5) is 39.4. The average Bonchev–Trinajstić information content (AvgIpc) is 3.03. The normalized spacial score (nSPS) is 12.6. The third-order valence-corrected chi connectivity index (χ3v) is 4.45. The van der Waals surface area contributed by atoms with Crippen LogP contribution in [-0.4, -0.2) is 30.7 Å². The molecule has 0 unspecified atom stereocenters. The van der Waals surface area contributed by atoms with Crippen LogP contribution < -0.4 is 9.80 Å². The van der Waals surface area contributed by atoms with Gasteiger partial charge in [-0.05, 0) is 49.2 Å². The zero-order chi connectivity index (χ0) is 18.0. The number of para-hydroxylation sites is 1. The lowest BCUT2D eigenvalue weighted by atomic mass is 10.1. The fraction of sp³-hybridized carbons (Fsp3) is 0.250. The van der Waals surface area contributed by atoms with Gasteiger partial charge in [-0.3, -0.25) is 14.4 Å². The lowest BCUT2D eigenvalue weighted by Gasteiger charge is -2.24. The molecule has 128 valence electrons. The van der Waals surface area contributed by atoms with Gasteiger partial charge in [0, 0.05) is 30.4 Å². The van der Waals surface area contributed by atoms with Gasteiger partial charge < -0.3 is 9.80 Å². The summed E-state index contributed by atoms with van der Waals surface area (Å²) in [7, 11) is 0. The molecule has 2 aromatic carbocycles. The first-order valence-corrected chi connectivity index (χ1v) is 8.25. The predicted octanol–water partition coefficient (Wildman–Crippen LogP) is 2.83. The number of hydrogen-bond acceptors (Lipinski definition) is 3. The summed E-state index contributed by atoms with van der Waals surface area (Å²) in [6, 6.07) is 14.6. The SMILES string of the molecule is CC(=O)c1ccc(N(CC(=O)N2CCc3ccccc32)C(C)=O)cc1. The molecule has 1 aliphatic heterocycles. The maximum atomic E-state index is 12.7. The largest absolute Gasteiger partial charge is 0.310 e. The number of hydrogen-bond donors (Lipinski definition) is 0. The first kappa shape index (κ1) is 16.9. The average molecular weight is 336 g/mol. The van der Waals surface area contributed by atoms with Gasteiger partial charge >= 0.3 is 0 Å². The molecule has 0 fully saturated rings. The lowest BCUT2D eigenvalue weighted by molar-refractivity contribution is -0.121. The van der Waals surface area contributed by atoms with Gasteiger partial charge in [-0.25, -0.2) is 0 Å². The predicted molar refractivity (Wildman–Crippen MR) is 97.0 cm³/mol. The van der Waals surface area contributed by atoms with Gasteiger partial charge in [-0.1, -0.05) is 18.2 Å². The van der Waals surface area contributed by atoms with E-state index in [0.717, 1.165) is 17.7 Å². The van der Waals surface area contributed by atoms with Gasteiger partial charge in [-0.15, -0.1) is 0 Å². The third kappa shape index (κ3) is 3.45. The van der Waals surface area contributed by atoms with Gasteiger partial charge in [-0.2, -0.15) is 0 Å². The Hall–Kier alpha value is -2.95. The van der Waals surface area contributed by atoms with E-state index in [-0.39, 0.29) is 24.1 Å². The molecule has 0 N–H and O–H groups in total. The number of ketones is 1. The Bertz CT molecular complexity index is 827. The second-order valence-corrected chi connectivity index (χ2v) is 6.13. The highest BCUT2D eigenvalue weighted by Gasteiger charge is 2.26. The minimum atomic E-state index is -0.212. The van der Waals surface area contributed by atoms with Gasteiger partial charge in [0.05, 0.1) is 0 Å². The monoisotopic (exact) mass is 336 g/mol. The molecule has 25 heavy (non-hydrogen) atoms. The second kappa shape index (κ2) is 6.89. The number of nitrogens with zero attached hydrogens (tertiary/aromatic N) is 2. The van der Waals surface area contributed by atoms with Crippen LogP contribution in [0.3, 0.4) is 0 Å². The molecule has 0 saturated heterocycles. The Morgan fingerprint density at radius 3 is 2.32 bits per heavy atom. The number of fused-ring (bicyclic) bond motifs is 1. The molecule has 0 saturated carbocycles. The summed E-state index contributed by atoms with van der Waals surface area (Å²) in [6.07, 6.45) is 0.829. The molecule has 0 aliphatic carbocycles. The van der Waals surface area contributed by atoms with Crippen LogP contribution in [0.4, 0.5) is 11.4 Å². The van der Waals surface area contributed by atoms with Crippen LogP contribution in [0.5, 0.6) is 0 Å². The van der Waals surface area contributed by atoms with E-state index in [1.807, 2.05) is 24.3 Å². The molecular weight excluding hydrogens is 316 g/mol. The first-order chi connectivity index (χ1) is 12.0. The molecule has 5 heteroatoms. The fourth-order valence-electron chi connectivity index (χ4n) is 3.08. The number of carbonyl (C=O) groups is 3. The molecule has 5 nitrogen and oxygen atoms in total. The zero-order valence-corrected chi connectivity index (χ0v) is 14.4. The summed E-state index contributed by atoms with van der Waals surface area (Å²) < 4.78 is 0. The van der Waals surface area contributed by atoms with Crippen molar-refractivity contribution in [2.75, 3.05) is 22.9 Å². The van der Waals surface area contributed by atoms with E-state index in [9.17, 15) is 14.4 Å². The first-order valence-electron chi connectivity index (χ1n) is 8.25. The zero-order valence-electron chi connectivity index (χ0n) is 14.4. The van der Waals surface area contributed by atoms with Crippen LogP contribution in [0.1, 0.15) is 29.8 Å². The molecule has 1 aliphatic rings. The van der Waals surface area contributed by atoms with Crippen molar-refractivity contribution in [1.29, 1.82) is 0 Å². The van der Waals surface area contributed by atoms with Gasteiger partial charge in [0.15, 0.2) is 5.78 Å². The molecule has 0 spiro atoms. The summed E-state index contributed by atoms with van der Waals surface area (Å²) in [6.45, 7) is 3.53. The topological polar surface area (TPSA) is 57.7 Å². The van der Waals surface area contributed by atoms with Crippen LogP contribution in [0.25, 0.3) is 0 Å². The smallest absolute Gasteiger partial charge is 0.247 e. The van der Waals surface area contributed by atoms with E-state index < -0.39 is 0 Å². The summed E-state index contributed by atoms with van der Waals surface area (Å²) in [5, 5.41) is 0. The number of rotatable bonds is 4. The number of anilines is 2. The number of Topliss-reactive ketones (excluding diaryl/α,β-unsaturated/α-hetero) is 1. The van der Waals surface area contributed by atoms with E-state index in [1.165, 1.54) is 18.7 Å². The van der Waals surface area contributed by atoms with Crippen LogP contribution in [-0.2, 0) is 16.0 Å². The van der Waals surface area contributed by atoms with Crippen molar-refractivity contribution in [2.45, 2.75) is 20.3 Å². The number of carbonyl (C=O) groups excluding carboxylic acids is 3. The van der Waals surface area contributed by atoms with Crippen molar-refractivity contribution in [3.63, 3.8) is 0 Å². The Balaban J connectivity index is 1.80. The summed E-state index contributed by atoms with van der Waals surface area (Å²) in [5.74, 6) is -0.363. The standard InChI is InChI=1S/C20H20N2O3/c1-14(23)16-7-9-18(10-8-16)22(15(2)24)13-20(25)21-12-11-17-5-3-4-6-19(17)21/h3-10H,11-13H2,1-2H3. The molecule has 0 bridgehead atoms. The van der Waals surface area contributed by atoms with Crippen molar-refractivity contribution >= 4 is 29.0 Å². The molecule has 0 aromatic heterocycles. The molecule has 2 amide bonds. The highest BCUT2D eigenvalue weighted by Crippen LogP contribution is 2.28. The van der Waals surface area contributed by atoms with Crippen molar-refractivity contribution < 1.29 is 14.4 Å². The van der Waals surface area contributed by atoms with Crippen molar-refractivity contribution in [3.8, 4) is 0 Å². The Labute approximate surface area is 146 Å². The van der Waals surface area contributed by atoms with Crippen molar-refractivity contribution in [1.82, 2.24) is 0 Å². The Morgan fingerprint density at radius 2 is 1.68 bits per heavy atom. The minimum absolute atomic E-state index is 0.0247. The van der Waals surface area contributed by atoms with Crippen LogP contribution in [0.2, 0.25) is 0 Å². The van der Waals surface area contributed by atoms with E-state index in [1.54, 1.807) is 29.2 Å². The highest BCUT2D eigenvalue weighted by molar-refractivity contribution is 6.04. The van der Waals surface area contributed by atoms with Crippen LogP contribution in [0.15, 0.2) is 48.5 Å². The second-order valence-electron chi connectivity index (χ2n) is 6.13. The van der Waals surface area contributed by atoms with Crippen molar-refractivity contribution in [3.05, 3.63) is 59.7 Å². The molecule has 1 heterocycles. The van der Waals surface area contributed by atoms with E-state index in [0.29, 0.717) is 17.8 Å². The molecular formula is C20H20N2O3. The lowest BCUT2D eigenvalue weighted by Crippen LogP contribution is -2.41. The maximum absolute atomic E-state index is 12.7. The highest BCUT2D eigenvalue weighted by atomic mass is 16.2. The van der Waals surface area contributed by atoms with E-state index in [2.05, 4.69) is 0 Å².